The molecule has 1 aliphatic heterocycles. The Balaban J connectivity index is 0.00000196. The quantitative estimate of drug-likeness (QED) is 0.665. The third kappa shape index (κ3) is 4.11. The maximum Gasteiger partial charge on any atom is 0.252 e. The van der Waals surface area contributed by atoms with Crippen LogP contribution in [0.1, 0.15) is 41.3 Å². The van der Waals surface area contributed by atoms with Gasteiger partial charge in [0.25, 0.3) is 5.78 Å². The van der Waals surface area contributed by atoms with E-state index in [1.165, 1.54) is 10.6 Å². The van der Waals surface area contributed by atoms with E-state index in [1.54, 1.807) is 24.6 Å². The Labute approximate surface area is 162 Å². The van der Waals surface area contributed by atoms with Crippen molar-refractivity contribution >= 4 is 36.4 Å². The summed E-state index contributed by atoms with van der Waals surface area (Å²) in [5.41, 5.74) is 1.17. The number of hydrogen-bond acceptors (Lipinski definition) is 7. The minimum absolute atomic E-state index is 0. The van der Waals surface area contributed by atoms with Crippen LogP contribution in [0, 0.1) is 0 Å². The molecule has 0 radical (unpaired) electrons. The van der Waals surface area contributed by atoms with Crippen molar-refractivity contribution in [2.24, 2.45) is 0 Å². The number of hydrogen-bond donors (Lipinski definition) is 0. The summed E-state index contributed by atoms with van der Waals surface area (Å²) in [4.78, 5) is 27.7. The molecule has 0 aromatic carbocycles. The van der Waals surface area contributed by atoms with E-state index in [0.29, 0.717) is 18.1 Å². The molecule has 0 saturated carbocycles. The summed E-state index contributed by atoms with van der Waals surface area (Å²) in [6.07, 6.45) is 8.02. The fraction of sp³-hybridized carbons (Fsp3) is 0.471. The zero-order valence-electron chi connectivity index (χ0n) is 14.6. The van der Waals surface area contributed by atoms with Crippen LogP contribution in [0.4, 0.5) is 0 Å². The van der Waals surface area contributed by atoms with E-state index >= 15 is 0 Å². The number of likely N-dealkylation sites (tertiary alicyclic amines) is 1. The van der Waals surface area contributed by atoms with E-state index in [4.69, 9.17) is 0 Å². The topological polar surface area (TPSA) is 76.3 Å². The fourth-order valence-corrected chi connectivity index (χ4v) is 4.48. The largest absolute Gasteiger partial charge is 0.300 e. The van der Waals surface area contributed by atoms with Crippen molar-refractivity contribution in [3.63, 3.8) is 0 Å². The normalized spacial score (nSPS) is 18.0. The molecule has 0 spiro atoms. The molecule has 4 rings (SSSR count). The van der Waals surface area contributed by atoms with Crippen LogP contribution in [0.2, 0.25) is 0 Å². The Hall–Kier alpha value is -1.84. The third-order valence-corrected chi connectivity index (χ3v) is 5.50. The lowest BCUT2D eigenvalue weighted by Crippen LogP contribution is -2.34. The van der Waals surface area contributed by atoms with Gasteiger partial charge in [0.2, 0.25) is 0 Å². The van der Waals surface area contributed by atoms with Crippen molar-refractivity contribution in [2.75, 3.05) is 13.1 Å². The van der Waals surface area contributed by atoms with Gasteiger partial charge in [-0.05, 0) is 32.4 Å². The summed E-state index contributed by atoms with van der Waals surface area (Å²) in [5, 5.41) is 5.23. The molecule has 0 bridgehead atoms. The lowest BCUT2D eigenvalue weighted by molar-refractivity contribution is -0.116. The number of fused-ring (bicyclic) bond motifs is 1. The summed E-state index contributed by atoms with van der Waals surface area (Å²) in [7, 11) is 0. The SMILES string of the molecule is CC(=O)Cc1ncc(CN2CCC[C@H](c3ccnc4ncnn34)C2)s1.S. The predicted molar refractivity (Wildman–Crippen MR) is 105 cm³/mol. The highest BCUT2D eigenvalue weighted by atomic mass is 32.1. The number of rotatable bonds is 5. The zero-order chi connectivity index (χ0) is 17.2. The standard InChI is InChI=1S/C17H20N6OS.H2S/c1-12(24)7-16-19-8-14(25-16)10-22-6-2-3-13(9-22)15-4-5-18-17-20-11-21-23(15)17;/h4-5,8,11,13H,2-3,6-7,9-10H2,1H3;1H2/t13-;/m0./s1. The second kappa shape index (κ2) is 8.24. The maximum absolute atomic E-state index is 11.2. The van der Waals surface area contributed by atoms with Gasteiger partial charge in [-0.2, -0.15) is 23.6 Å². The molecule has 1 aliphatic rings. The highest BCUT2D eigenvalue weighted by Gasteiger charge is 2.24. The molecule has 0 N–H and O–H groups in total. The molecule has 3 aromatic rings. The van der Waals surface area contributed by atoms with Crippen LogP contribution in [-0.2, 0) is 17.8 Å². The van der Waals surface area contributed by atoms with Gasteiger partial charge >= 0.3 is 0 Å². The smallest absolute Gasteiger partial charge is 0.252 e. The van der Waals surface area contributed by atoms with Gasteiger partial charge in [0, 0.05) is 36.3 Å². The molecule has 0 unspecified atom stereocenters. The molecular weight excluding hydrogens is 368 g/mol. The van der Waals surface area contributed by atoms with Crippen molar-refractivity contribution < 1.29 is 4.79 Å². The minimum Gasteiger partial charge on any atom is -0.300 e. The average molecular weight is 391 g/mol. The molecule has 1 atom stereocenters. The van der Waals surface area contributed by atoms with Crippen molar-refractivity contribution in [3.8, 4) is 0 Å². The number of Topliss-reactive ketones (excluding diaryl/α,β-unsaturated/α-hetero) is 1. The van der Waals surface area contributed by atoms with Crippen LogP contribution < -0.4 is 0 Å². The molecule has 0 amide bonds. The van der Waals surface area contributed by atoms with Crippen molar-refractivity contribution in [1.29, 1.82) is 0 Å². The van der Waals surface area contributed by atoms with E-state index in [9.17, 15) is 4.79 Å². The molecule has 4 heterocycles. The molecule has 1 fully saturated rings. The first-order valence-corrected chi connectivity index (χ1v) is 9.30. The molecule has 26 heavy (non-hydrogen) atoms. The summed E-state index contributed by atoms with van der Waals surface area (Å²) >= 11 is 1.64. The Kier molecular flexibility index (Phi) is 6.00. The van der Waals surface area contributed by atoms with E-state index in [2.05, 4.69) is 25.0 Å². The monoisotopic (exact) mass is 390 g/mol. The van der Waals surface area contributed by atoms with Crippen LogP contribution in [0.25, 0.3) is 5.78 Å². The summed E-state index contributed by atoms with van der Waals surface area (Å²) < 4.78 is 1.85. The summed E-state index contributed by atoms with van der Waals surface area (Å²) in [5.74, 6) is 1.24. The Morgan fingerprint density at radius 2 is 2.23 bits per heavy atom. The van der Waals surface area contributed by atoms with Gasteiger partial charge in [-0.1, -0.05) is 0 Å². The van der Waals surface area contributed by atoms with Crippen LogP contribution in [0.5, 0.6) is 0 Å². The van der Waals surface area contributed by atoms with Crippen LogP contribution in [-0.4, -0.2) is 48.3 Å². The molecule has 3 aromatic heterocycles. The molecule has 7 nitrogen and oxygen atoms in total. The number of nitrogens with zero attached hydrogens (tertiary/aromatic N) is 6. The number of carbonyl (C=O) groups excluding carboxylic acids is 1. The van der Waals surface area contributed by atoms with Crippen molar-refractivity contribution in [1.82, 2.24) is 29.5 Å². The second-order valence-corrected chi connectivity index (χ2v) is 7.71. The van der Waals surface area contributed by atoms with Gasteiger partial charge < -0.3 is 0 Å². The zero-order valence-corrected chi connectivity index (χ0v) is 16.4. The molecule has 138 valence electrons. The molecular formula is C17H22N6OS2. The van der Waals surface area contributed by atoms with E-state index in [1.807, 2.05) is 23.0 Å². The highest BCUT2D eigenvalue weighted by molar-refractivity contribution is 7.59. The lowest BCUT2D eigenvalue weighted by atomic mass is 9.94. The lowest BCUT2D eigenvalue weighted by Gasteiger charge is -2.32. The molecule has 9 heteroatoms. The van der Waals surface area contributed by atoms with Gasteiger partial charge in [-0.15, -0.1) is 11.3 Å². The fourth-order valence-electron chi connectivity index (χ4n) is 3.44. The van der Waals surface area contributed by atoms with Gasteiger partial charge in [-0.3, -0.25) is 9.69 Å². The molecule has 0 aliphatic carbocycles. The molecule has 1 saturated heterocycles. The van der Waals surface area contributed by atoms with Gasteiger partial charge in [0.05, 0.1) is 12.1 Å². The highest BCUT2D eigenvalue weighted by Crippen LogP contribution is 2.28. The Morgan fingerprint density at radius 1 is 1.35 bits per heavy atom. The number of carbonyl (C=O) groups is 1. The van der Waals surface area contributed by atoms with E-state index in [0.717, 1.165) is 37.5 Å². The first-order chi connectivity index (χ1) is 12.2. The van der Waals surface area contributed by atoms with Gasteiger partial charge in [0.1, 0.15) is 17.1 Å². The summed E-state index contributed by atoms with van der Waals surface area (Å²) in [6, 6.07) is 2.05. The van der Waals surface area contributed by atoms with Crippen LogP contribution in [0.3, 0.4) is 0 Å². The average Bonchev–Trinajstić information content (AvgIpc) is 3.23. The first-order valence-electron chi connectivity index (χ1n) is 8.49. The Morgan fingerprint density at radius 3 is 3.08 bits per heavy atom. The first kappa shape index (κ1) is 18.9. The van der Waals surface area contributed by atoms with Gasteiger partial charge in [0.15, 0.2) is 0 Å². The van der Waals surface area contributed by atoms with Crippen molar-refractivity contribution in [3.05, 3.63) is 40.4 Å². The third-order valence-electron chi connectivity index (χ3n) is 4.51. The van der Waals surface area contributed by atoms with E-state index in [-0.39, 0.29) is 19.3 Å². The minimum atomic E-state index is 0. The number of piperidine rings is 1. The van der Waals surface area contributed by atoms with E-state index < -0.39 is 0 Å². The summed E-state index contributed by atoms with van der Waals surface area (Å²) in [6.45, 7) is 4.56. The maximum atomic E-state index is 11.2. The number of thiazole rings is 1. The van der Waals surface area contributed by atoms with Crippen molar-refractivity contribution in [2.45, 2.75) is 38.6 Å². The Bertz CT molecular complexity index is 892. The second-order valence-electron chi connectivity index (χ2n) is 6.51. The van der Waals surface area contributed by atoms with Gasteiger partial charge in [-0.25, -0.2) is 14.5 Å². The predicted octanol–water partition coefficient (Wildman–Crippen LogP) is 2.20. The van der Waals surface area contributed by atoms with Crippen LogP contribution >= 0.6 is 24.8 Å². The van der Waals surface area contributed by atoms with Crippen LogP contribution in [0.15, 0.2) is 24.8 Å². The number of ketones is 1. The number of aromatic nitrogens is 5.